The van der Waals surface area contributed by atoms with Crippen LogP contribution < -0.4 is 10.6 Å². The summed E-state index contributed by atoms with van der Waals surface area (Å²) in [6.07, 6.45) is 4.48. The van der Waals surface area contributed by atoms with Gasteiger partial charge in [-0.3, -0.25) is 9.58 Å². The summed E-state index contributed by atoms with van der Waals surface area (Å²) in [7, 11) is 0. The average Bonchev–Trinajstić information content (AvgIpc) is 3.22. The molecule has 1 saturated heterocycles. The molecule has 0 spiro atoms. The average molecular weight is 445 g/mol. The summed E-state index contributed by atoms with van der Waals surface area (Å²) >= 11 is 0. The van der Waals surface area contributed by atoms with Crippen LogP contribution >= 0.6 is 0 Å². The van der Waals surface area contributed by atoms with E-state index in [4.69, 9.17) is 4.74 Å². The third-order valence-electron chi connectivity index (χ3n) is 5.69. The van der Waals surface area contributed by atoms with E-state index < -0.39 is 0 Å². The zero-order chi connectivity index (χ0) is 22.5. The first-order valence-corrected chi connectivity index (χ1v) is 11.3. The number of benzene rings is 2. The van der Waals surface area contributed by atoms with Gasteiger partial charge >= 0.3 is 0 Å². The molecule has 5 rings (SSSR count). The number of anilines is 4. The first-order chi connectivity index (χ1) is 16.2. The van der Waals surface area contributed by atoms with E-state index in [9.17, 15) is 0 Å². The molecule has 9 nitrogen and oxygen atoms in total. The number of ether oxygens (including phenoxy) is 1. The highest BCUT2D eigenvalue weighted by Gasteiger charge is 2.11. The molecule has 170 valence electrons. The van der Waals surface area contributed by atoms with E-state index in [2.05, 4.69) is 52.4 Å². The van der Waals surface area contributed by atoms with Crippen LogP contribution in [-0.2, 0) is 11.3 Å². The standard InChI is InChI=1S/C24H28N8O/c1-18-4-2-5-20(14-18)28-23-25-17-26-24(30-23)29-21-6-7-22-19(15-21)16-27-32(22)9-3-8-31-10-12-33-13-11-31/h2,4-7,14-17H,3,8-13H2,1H3,(H2,25,26,28,29,30). The predicted octanol–water partition coefficient (Wildman–Crippen LogP) is 3.74. The first kappa shape index (κ1) is 21.3. The van der Waals surface area contributed by atoms with Gasteiger partial charge < -0.3 is 15.4 Å². The highest BCUT2D eigenvalue weighted by Crippen LogP contribution is 2.22. The maximum atomic E-state index is 5.42. The molecule has 0 radical (unpaired) electrons. The van der Waals surface area contributed by atoms with Crippen LogP contribution in [0.4, 0.5) is 23.3 Å². The molecule has 3 heterocycles. The smallest absolute Gasteiger partial charge is 0.232 e. The van der Waals surface area contributed by atoms with Crippen molar-refractivity contribution in [3.05, 3.63) is 60.6 Å². The molecule has 2 aromatic carbocycles. The van der Waals surface area contributed by atoms with Gasteiger partial charge in [-0.2, -0.15) is 10.1 Å². The van der Waals surface area contributed by atoms with Gasteiger partial charge in [0.1, 0.15) is 6.33 Å². The van der Waals surface area contributed by atoms with Gasteiger partial charge in [0.2, 0.25) is 11.9 Å². The van der Waals surface area contributed by atoms with Gasteiger partial charge in [-0.15, -0.1) is 0 Å². The van der Waals surface area contributed by atoms with Crippen LogP contribution in [0.1, 0.15) is 12.0 Å². The summed E-state index contributed by atoms with van der Waals surface area (Å²) in [5.74, 6) is 0.977. The summed E-state index contributed by atoms with van der Waals surface area (Å²) in [5.41, 5.74) is 4.14. The quantitative estimate of drug-likeness (QED) is 0.425. The van der Waals surface area contributed by atoms with Crippen LogP contribution in [0.2, 0.25) is 0 Å². The largest absolute Gasteiger partial charge is 0.379 e. The highest BCUT2D eigenvalue weighted by molar-refractivity contribution is 5.83. The number of fused-ring (bicyclic) bond motifs is 1. The lowest BCUT2D eigenvalue weighted by atomic mass is 10.2. The summed E-state index contributed by atoms with van der Waals surface area (Å²) in [5, 5.41) is 12.2. The molecule has 2 aromatic heterocycles. The molecule has 0 saturated carbocycles. The second-order valence-electron chi connectivity index (χ2n) is 8.20. The van der Waals surface area contributed by atoms with Crippen LogP contribution in [0.15, 0.2) is 55.0 Å². The Balaban J connectivity index is 1.22. The third-order valence-corrected chi connectivity index (χ3v) is 5.69. The number of nitrogens with zero attached hydrogens (tertiary/aromatic N) is 6. The van der Waals surface area contributed by atoms with E-state index in [1.165, 1.54) is 11.9 Å². The first-order valence-electron chi connectivity index (χ1n) is 11.3. The number of hydrogen-bond donors (Lipinski definition) is 2. The van der Waals surface area contributed by atoms with Crippen molar-refractivity contribution in [3.8, 4) is 0 Å². The monoisotopic (exact) mass is 444 g/mol. The van der Waals surface area contributed by atoms with E-state index in [0.29, 0.717) is 11.9 Å². The molecule has 0 atom stereocenters. The number of morpholine rings is 1. The molecule has 9 heteroatoms. The molecule has 0 unspecified atom stereocenters. The number of hydrogen-bond acceptors (Lipinski definition) is 8. The van der Waals surface area contributed by atoms with Crippen molar-refractivity contribution < 1.29 is 4.74 Å². The molecular formula is C24H28N8O. The maximum Gasteiger partial charge on any atom is 0.232 e. The van der Waals surface area contributed by atoms with Crippen molar-refractivity contribution in [3.63, 3.8) is 0 Å². The topological polar surface area (TPSA) is 93.0 Å². The zero-order valence-corrected chi connectivity index (χ0v) is 18.7. The van der Waals surface area contributed by atoms with E-state index in [1.807, 2.05) is 43.5 Å². The summed E-state index contributed by atoms with van der Waals surface area (Å²) in [6.45, 7) is 7.74. The third kappa shape index (κ3) is 5.44. The second kappa shape index (κ2) is 9.93. The summed E-state index contributed by atoms with van der Waals surface area (Å²) in [6, 6.07) is 14.3. The van der Waals surface area contributed by atoms with E-state index in [1.54, 1.807) is 0 Å². The Kier molecular flexibility index (Phi) is 6.41. The van der Waals surface area contributed by atoms with Crippen LogP contribution in [0.25, 0.3) is 10.9 Å². The molecule has 0 aliphatic carbocycles. The van der Waals surface area contributed by atoms with Gasteiger partial charge in [-0.05, 0) is 49.2 Å². The van der Waals surface area contributed by atoms with Crippen molar-refractivity contribution in [2.24, 2.45) is 0 Å². The Morgan fingerprint density at radius 2 is 1.73 bits per heavy atom. The lowest BCUT2D eigenvalue weighted by Crippen LogP contribution is -2.37. The Labute approximate surface area is 192 Å². The molecule has 0 amide bonds. The van der Waals surface area contributed by atoms with E-state index >= 15 is 0 Å². The normalized spacial score (nSPS) is 14.5. The van der Waals surface area contributed by atoms with Gasteiger partial charge in [0.15, 0.2) is 0 Å². The number of nitrogens with one attached hydrogen (secondary N) is 2. The van der Waals surface area contributed by atoms with Crippen LogP contribution in [0, 0.1) is 6.92 Å². The second-order valence-corrected chi connectivity index (χ2v) is 8.20. The van der Waals surface area contributed by atoms with Crippen molar-refractivity contribution in [2.75, 3.05) is 43.5 Å². The molecule has 0 bridgehead atoms. The predicted molar refractivity (Wildman–Crippen MR) is 129 cm³/mol. The summed E-state index contributed by atoms with van der Waals surface area (Å²) in [4.78, 5) is 15.4. The summed E-state index contributed by atoms with van der Waals surface area (Å²) < 4.78 is 7.50. The Bertz CT molecular complexity index is 1220. The highest BCUT2D eigenvalue weighted by atomic mass is 16.5. The van der Waals surface area contributed by atoms with Crippen molar-refractivity contribution in [1.82, 2.24) is 29.6 Å². The minimum atomic E-state index is 0.484. The Hall–Kier alpha value is -3.56. The number of aryl methyl sites for hydroxylation is 2. The van der Waals surface area contributed by atoms with Gasteiger partial charge in [0.25, 0.3) is 0 Å². The molecule has 2 N–H and O–H groups in total. The van der Waals surface area contributed by atoms with E-state index in [-0.39, 0.29) is 0 Å². The molecule has 1 aliphatic rings. The van der Waals surface area contributed by atoms with Gasteiger partial charge in [0, 0.05) is 42.9 Å². The fraction of sp³-hybridized carbons (Fsp3) is 0.333. The molecule has 33 heavy (non-hydrogen) atoms. The van der Waals surface area contributed by atoms with Crippen molar-refractivity contribution >= 4 is 34.2 Å². The van der Waals surface area contributed by atoms with Gasteiger partial charge in [-0.25, -0.2) is 9.97 Å². The fourth-order valence-electron chi connectivity index (χ4n) is 4.01. The van der Waals surface area contributed by atoms with Gasteiger partial charge in [0.05, 0.1) is 24.9 Å². The Morgan fingerprint density at radius 1 is 0.939 bits per heavy atom. The van der Waals surface area contributed by atoms with Crippen LogP contribution in [0.5, 0.6) is 0 Å². The van der Waals surface area contributed by atoms with Crippen molar-refractivity contribution in [1.29, 1.82) is 0 Å². The van der Waals surface area contributed by atoms with E-state index in [0.717, 1.165) is 68.1 Å². The minimum absolute atomic E-state index is 0.484. The van der Waals surface area contributed by atoms with Crippen LogP contribution in [0.3, 0.4) is 0 Å². The van der Waals surface area contributed by atoms with Gasteiger partial charge in [-0.1, -0.05) is 12.1 Å². The SMILES string of the molecule is Cc1cccc(Nc2ncnc(Nc3ccc4c(cnn4CCCN4CCOCC4)c3)n2)c1. The Morgan fingerprint density at radius 3 is 2.52 bits per heavy atom. The molecule has 1 aliphatic heterocycles. The maximum absolute atomic E-state index is 5.42. The minimum Gasteiger partial charge on any atom is -0.379 e. The number of aromatic nitrogens is 5. The lowest BCUT2D eigenvalue weighted by Gasteiger charge is -2.26. The van der Waals surface area contributed by atoms with Crippen molar-refractivity contribution in [2.45, 2.75) is 19.9 Å². The number of rotatable bonds is 8. The fourth-order valence-corrected chi connectivity index (χ4v) is 4.01. The lowest BCUT2D eigenvalue weighted by molar-refractivity contribution is 0.0368. The molecule has 4 aromatic rings. The zero-order valence-electron chi connectivity index (χ0n) is 18.7. The molecule has 1 fully saturated rings. The van der Waals surface area contributed by atoms with Crippen LogP contribution in [-0.4, -0.2) is 62.5 Å². The molecular weight excluding hydrogens is 416 g/mol.